The third-order valence-corrected chi connectivity index (χ3v) is 6.14. The minimum atomic E-state index is 0.204. The standard InChI is InChI=1S/C28H32N2/c1-29(2,3)25-18-15-23(16-19-25)27(22-11-7-6-8-12-22)21-26-20-17-24-13-9-10-14-28(24)30(26,4)5/h6-21,27H,1-5H3/q+2/b26-21+. The summed E-state index contributed by atoms with van der Waals surface area (Å²) in [6.45, 7) is 0. The van der Waals surface area contributed by atoms with Crippen molar-refractivity contribution in [1.29, 1.82) is 0 Å². The van der Waals surface area contributed by atoms with Crippen LogP contribution in [0.5, 0.6) is 0 Å². The lowest BCUT2D eigenvalue weighted by atomic mass is 9.89. The number of hydrogen-bond donors (Lipinski definition) is 0. The summed E-state index contributed by atoms with van der Waals surface area (Å²) in [5.41, 5.74) is 7.87. The number of para-hydroxylation sites is 1. The molecule has 0 radical (unpaired) electrons. The van der Waals surface area contributed by atoms with E-state index in [0.717, 1.165) is 8.97 Å². The van der Waals surface area contributed by atoms with Crippen molar-refractivity contribution >= 4 is 17.5 Å². The predicted octanol–water partition coefficient (Wildman–Crippen LogP) is 6.19. The van der Waals surface area contributed by atoms with E-state index < -0.39 is 0 Å². The van der Waals surface area contributed by atoms with E-state index in [4.69, 9.17) is 0 Å². The van der Waals surface area contributed by atoms with Crippen molar-refractivity contribution in [2.45, 2.75) is 5.92 Å². The van der Waals surface area contributed by atoms with Crippen molar-refractivity contribution in [2.75, 3.05) is 35.2 Å². The second-order valence-corrected chi connectivity index (χ2v) is 9.43. The number of benzene rings is 3. The van der Waals surface area contributed by atoms with Crippen molar-refractivity contribution in [3.63, 3.8) is 0 Å². The van der Waals surface area contributed by atoms with Gasteiger partial charge in [0.25, 0.3) is 0 Å². The van der Waals surface area contributed by atoms with Crippen molar-refractivity contribution < 1.29 is 0 Å². The van der Waals surface area contributed by atoms with E-state index in [1.807, 2.05) is 0 Å². The molecule has 0 saturated heterocycles. The molecule has 1 aliphatic rings. The molecule has 1 atom stereocenters. The molecule has 0 aliphatic carbocycles. The molecular weight excluding hydrogens is 364 g/mol. The summed E-state index contributed by atoms with van der Waals surface area (Å²) in [5.74, 6) is 0.204. The predicted molar refractivity (Wildman–Crippen MR) is 131 cm³/mol. The molecule has 1 unspecified atom stereocenters. The van der Waals surface area contributed by atoms with E-state index in [0.29, 0.717) is 0 Å². The third-order valence-electron chi connectivity index (χ3n) is 6.14. The zero-order valence-corrected chi connectivity index (χ0v) is 18.7. The Bertz CT molecular complexity index is 1080. The zero-order chi connectivity index (χ0) is 21.4. The van der Waals surface area contributed by atoms with Crippen LogP contribution in [0.3, 0.4) is 0 Å². The Labute approximate surface area is 181 Å². The summed E-state index contributed by atoms with van der Waals surface area (Å²) in [6, 6.07) is 28.6. The summed E-state index contributed by atoms with van der Waals surface area (Å²) in [7, 11) is 11.2. The zero-order valence-electron chi connectivity index (χ0n) is 18.7. The molecule has 0 spiro atoms. The van der Waals surface area contributed by atoms with Crippen LogP contribution < -0.4 is 8.97 Å². The van der Waals surface area contributed by atoms with Crippen LogP contribution in [0.4, 0.5) is 11.4 Å². The summed E-state index contributed by atoms with van der Waals surface area (Å²) in [4.78, 5) is 0. The topological polar surface area (TPSA) is 0 Å². The second kappa shape index (κ2) is 7.71. The van der Waals surface area contributed by atoms with Gasteiger partial charge in [0, 0.05) is 23.6 Å². The van der Waals surface area contributed by atoms with Crippen LogP contribution in [0.25, 0.3) is 6.08 Å². The summed E-state index contributed by atoms with van der Waals surface area (Å²) >= 11 is 0. The summed E-state index contributed by atoms with van der Waals surface area (Å²) in [6.07, 6.45) is 6.95. The van der Waals surface area contributed by atoms with Gasteiger partial charge in [0.05, 0.1) is 35.2 Å². The van der Waals surface area contributed by atoms with Gasteiger partial charge >= 0.3 is 0 Å². The largest absolute Gasteiger partial charge is 0.298 e. The maximum atomic E-state index is 2.43. The van der Waals surface area contributed by atoms with Gasteiger partial charge in [0.15, 0.2) is 0 Å². The smallest absolute Gasteiger partial charge is 0.144 e. The molecule has 30 heavy (non-hydrogen) atoms. The number of quaternary nitrogens is 2. The Kier molecular flexibility index (Phi) is 5.23. The van der Waals surface area contributed by atoms with Gasteiger partial charge in [-0.05, 0) is 41.5 Å². The maximum absolute atomic E-state index is 2.43. The van der Waals surface area contributed by atoms with Gasteiger partial charge < -0.3 is 0 Å². The number of rotatable bonds is 4. The van der Waals surface area contributed by atoms with Gasteiger partial charge in [0.2, 0.25) is 0 Å². The van der Waals surface area contributed by atoms with Gasteiger partial charge in [-0.3, -0.25) is 8.97 Å². The van der Waals surface area contributed by atoms with E-state index in [2.05, 4.69) is 132 Å². The highest BCUT2D eigenvalue weighted by Gasteiger charge is 2.30. The van der Waals surface area contributed by atoms with Crippen LogP contribution >= 0.6 is 0 Å². The second-order valence-electron chi connectivity index (χ2n) is 9.43. The van der Waals surface area contributed by atoms with Crippen molar-refractivity contribution in [1.82, 2.24) is 8.97 Å². The molecule has 0 amide bonds. The lowest BCUT2D eigenvalue weighted by Crippen LogP contribution is -2.40. The lowest BCUT2D eigenvalue weighted by molar-refractivity contribution is 0.486. The van der Waals surface area contributed by atoms with E-state index in [-0.39, 0.29) is 5.92 Å². The highest BCUT2D eigenvalue weighted by atomic mass is 15.3. The van der Waals surface area contributed by atoms with Crippen molar-refractivity contribution in [2.24, 2.45) is 0 Å². The average Bonchev–Trinajstić information content (AvgIpc) is 2.73. The maximum Gasteiger partial charge on any atom is 0.144 e. The molecule has 3 aromatic rings. The summed E-state index contributed by atoms with van der Waals surface area (Å²) < 4.78 is 1.56. The average molecular weight is 397 g/mol. The lowest BCUT2D eigenvalue weighted by Gasteiger charge is -2.34. The molecule has 1 aliphatic heterocycles. The fraction of sp³-hybridized carbons (Fsp3) is 0.214. The molecule has 4 rings (SSSR count). The van der Waals surface area contributed by atoms with E-state index in [9.17, 15) is 0 Å². The molecule has 2 heteroatoms. The first-order valence-corrected chi connectivity index (χ1v) is 10.6. The first-order chi connectivity index (χ1) is 14.3. The Balaban J connectivity index is 1.81. The molecule has 0 saturated carbocycles. The SMILES string of the molecule is C[N+](C)(C)c1ccc(C(/C=C2\C=Cc3ccccc3[N+]2(C)C)c2ccccc2)cc1. The Hall–Kier alpha value is -2.94. The minimum absolute atomic E-state index is 0.204. The molecule has 0 aromatic heterocycles. The number of nitrogens with zero attached hydrogens (tertiary/aromatic N) is 2. The van der Waals surface area contributed by atoms with Crippen LogP contribution in [0, 0.1) is 0 Å². The normalized spacial score (nSPS) is 17.6. The minimum Gasteiger partial charge on any atom is -0.298 e. The molecule has 3 aromatic carbocycles. The molecule has 1 heterocycles. The summed E-state index contributed by atoms with van der Waals surface area (Å²) in [5, 5.41) is 0. The third kappa shape index (κ3) is 3.89. The molecule has 0 bridgehead atoms. The number of fused-ring (bicyclic) bond motifs is 1. The number of allylic oxidation sites excluding steroid dienone is 2. The molecule has 0 fully saturated rings. The molecule has 0 N–H and O–H groups in total. The van der Waals surface area contributed by atoms with Crippen LogP contribution in [-0.2, 0) is 0 Å². The highest BCUT2D eigenvalue weighted by molar-refractivity contribution is 5.73. The monoisotopic (exact) mass is 396 g/mol. The fourth-order valence-electron chi connectivity index (χ4n) is 4.22. The molecular formula is C28H32N2+2. The van der Waals surface area contributed by atoms with Gasteiger partial charge in [-0.1, -0.05) is 54.6 Å². The molecule has 152 valence electrons. The molecule has 2 nitrogen and oxygen atoms in total. The van der Waals surface area contributed by atoms with E-state index in [1.54, 1.807) is 0 Å². The van der Waals surface area contributed by atoms with Gasteiger partial charge in [-0.25, -0.2) is 0 Å². The van der Waals surface area contributed by atoms with Gasteiger partial charge in [-0.15, -0.1) is 0 Å². The number of hydrogen-bond acceptors (Lipinski definition) is 0. The van der Waals surface area contributed by atoms with Crippen LogP contribution in [0.2, 0.25) is 0 Å². The van der Waals surface area contributed by atoms with E-state index >= 15 is 0 Å². The van der Waals surface area contributed by atoms with Gasteiger partial charge in [0.1, 0.15) is 17.1 Å². The van der Waals surface area contributed by atoms with Crippen LogP contribution in [0.1, 0.15) is 22.6 Å². The van der Waals surface area contributed by atoms with Crippen LogP contribution in [-0.4, -0.2) is 35.2 Å². The van der Waals surface area contributed by atoms with Gasteiger partial charge in [-0.2, -0.15) is 0 Å². The Morgan fingerprint density at radius 2 is 1.30 bits per heavy atom. The van der Waals surface area contributed by atoms with Crippen LogP contribution in [0.15, 0.2) is 96.7 Å². The first kappa shape index (κ1) is 20.3. The van der Waals surface area contributed by atoms with Crippen molar-refractivity contribution in [3.05, 3.63) is 113 Å². The fourth-order valence-corrected chi connectivity index (χ4v) is 4.22. The van der Waals surface area contributed by atoms with E-state index in [1.165, 1.54) is 33.8 Å². The Morgan fingerprint density at radius 3 is 1.97 bits per heavy atom. The Morgan fingerprint density at radius 1 is 0.700 bits per heavy atom. The highest BCUT2D eigenvalue weighted by Crippen LogP contribution is 2.37. The quantitative estimate of drug-likeness (QED) is 0.461. The first-order valence-electron chi connectivity index (χ1n) is 10.6. The number of likely N-dealkylation sites (N-methyl/N-ethyl adjacent to an activating group) is 1. The van der Waals surface area contributed by atoms with Crippen molar-refractivity contribution in [3.8, 4) is 0 Å².